The number of hydrogen-bond acceptors (Lipinski definition) is 1. The minimum atomic E-state index is 0.0456. The van der Waals surface area contributed by atoms with Gasteiger partial charge in [0.1, 0.15) is 0 Å². The first-order valence-electron chi connectivity index (χ1n) is 6.23. The van der Waals surface area contributed by atoms with E-state index in [1.807, 2.05) is 36.2 Å². The van der Waals surface area contributed by atoms with E-state index in [1.165, 1.54) is 0 Å². The minimum absolute atomic E-state index is 0.0456. The fraction of sp³-hybridized carbons (Fsp3) is 0.500. The Labute approximate surface area is 120 Å². The standard InChI is InChI=1S/C14H21ClN2S/c1-5-14(3,6-2)16-13(18)17(4)12-9-7-8-11(15)10-12/h7-10H,5-6H2,1-4H3,(H,16,18). The molecule has 0 fully saturated rings. The molecule has 0 amide bonds. The van der Waals surface area contributed by atoms with Crippen LogP contribution in [0.2, 0.25) is 5.02 Å². The van der Waals surface area contributed by atoms with Gasteiger partial charge in [0.15, 0.2) is 5.11 Å². The molecule has 0 unspecified atom stereocenters. The van der Waals surface area contributed by atoms with Gasteiger partial charge in [-0.2, -0.15) is 0 Å². The Morgan fingerprint density at radius 3 is 2.50 bits per heavy atom. The SMILES string of the molecule is CCC(C)(CC)NC(=S)N(C)c1cccc(Cl)c1. The van der Waals surface area contributed by atoms with Crippen LogP contribution in [0, 0.1) is 0 Å². The molecule has 1 aromatic carbocycles. The third-order valence-electron chi connectivity index (χ3n) is 3.47. The molecule has 1 rings (SSSR count). The first-order valence-corrected chi connectivity index (χ1v) is 7.02. The highest BCUT2D eigenvalue weighted by atomic mass is 35.5. The zero-order valence-electron chi connectivity index (χ0n) is 11.5. The van der Waals surface area contributed by atoms with Gasteiger partial charge < -0.3 is 10.2 Å². The van der Waals surface area contributed by atoms with Crippen molar-refractivity contribution in [3.05, 3.63) is 29.3 Å². The number of nitrogens with zero attached hydrogens (tertiary/aromatic N) is 1. The molecule has 0 aliphatic heterocycles. The molecule has 100 valence electrons. The van der Waals surface area contributed by atoms with Crippen molar-refractivity contribution in [2.75, 3.05) is 11.9 Å². The van der Waals surface area contributed by atoms with Gasteiger partial charge in [-0.05, 0) is 50.2 Å². The number of benzene rings is 1. The summed E-state index contributed by atoms with van der Waals surface area (Å²) in [6, 6.07) is 7.69. The van der Waals surface area contributed by atoms with Gasteiger partial charge in [0, 0.05) is 23.3 Å². The maximum atomic E-state index is 5.99. The molecule has 4 heteroatoms. The fourth-order valence-electron chi connectivity index (χ4n) is 1.57. The van der Waals surface area contributed by atoms with Crippen molar-refractivity contribution < 1.29 is 0 Å². The molecule has 0 saturated carbocycles. The first kappa shape index (κ1) is 15.3. The highest BCUT2D eigenvalue weighted by Gasteiger charge is 2.21. The number of halogens is 1. The average Bonchev–Trinajstić information content (AvgIpc) is 2.37. The third kappa shape index (κ3) is 3.85. The van der Waals surface area contributed by atoms with Gasteiger partial charge in [-0.25, -0.2) is 0 Å². The number of hydrogen-bond donors (Lipinski definition) is 1. The topological polar surface area (TPSA) is 15.3 Å². The Morgan fingerprint density at radius 1 is 1.39 bits per heavy atom. The maximum absolute atomic E-state index is 5.99. The summed E-state index contributed by atoms with van der Waals surface area (Å²) in [6.07, 6.45) is 2.07. The van der Waals surface area contributed by atoms with E-state index in [-0.39, 0.29) is 5.54 Å². The van der Waals surface area contributed by atoms with E-state index >= 15 is 0 Å². The Bertz CT molecular complexity index is 416. The molecule has 0 aliphatic carbocycles. The van der Waals surface area contributed by atoms with Crippen LogP contribution in [-0.4, -0.2) is 17.7 Å². The van der Waals surface area contributed by atoms with E-state index in [9.17, 15) is 0 Å². The lowest BCUT2D eigenvalue weighted by Gasteiger charge is -2.33. The quantitative estimate of drug-likeness (QED) is 0.833. The molecule has 0 atom stereocenters. The number of rotatable bonds is 4. The molecule has 1 N–H and O–H groups in total. The second-order valence-electron chi connectivity index (χ2n) is 4.74. The van der Waals surface area contributed by atoms with Crippen molar-refractivity contribution in [2.24, 2.45) is 0 Å². The number of nitrogens with one attached hydrogen (secondary N) is 1. The van der Waals surface area contributed by atoms with Crippen LogP contribution in [0.1, 0.15) is 33.6 Å². The predicted octanol–water partition coefficient (Wildman–Crippen LogP) is 4.23. The molecule has 0 heterocycles. The van der Waals surface area contributed by atoms with E-state index < -0.39 is 0 Å². The van der Waals surface area contributed by atoms with Crippen molar-refractivity contribution in [1.29, 1.82) is 0 Å². The van der Waals surface area contributed by atoms with Gasteiger partial charge in [-0.15, -0.1) is 0 Å². The van der Waals surface area contributed by atoms with Crippen molar-refractivity contribution in [3.8, 4) is 0 Å². The lowest BCUT2D eigenvalue weighted by atomic mass is 9.96. The Hall–Kier alpha value is -0.800. The van der Waals surface area contributed by atoms with E-state index in [0.717, 1.165) is 28.7 Å². The molecule has 2 nitrogen and oxygen atoms in total. The van der Waals surface area contributed by atoms with Gasteiger partial charge in [0.2, 0.25) is 0 Å². The summed E-state index contributed by atoms with van der Waals surface area (Å²) < 4.78 is 0. The first-order chi connectivity index (χ1) is 8.41. The normalized spacial score (nSPS) is 11.2. The summed E-state index contributed by atoms with van der Waals surface area (Å²) in [5, 5.41) is 4.87. The molecular weight excluding hydrogens is 264 g/mol. The Kier molecular flexibility index (Phi) is 5.42. The minimum Gasteiger partial charge on any atom is -0.357 e. The molecule has 1 aromatic rings. The molecule has 0 aromatic heterocycles. The maximum Gasteiger partial charge on any atom is 0.173 e. The Balaban J connectivity index is 2.79. The van der Waals surface area contributed by atoms with Crippen LogP contribution in [-0.2, 0) is 0 Å². The van der Waals surface area contributed by atoms with Crippen molar-refractivity contribution in [1.82, 2.24) is 5.32 Å². The summed E-state index contributed by atoms with van der Waals surface area (Å²) in [6.45, 7) is 6.52. The third-order valence-corrected chi connectivity index (χ3v) is 4.08. The van der Waals surface area contributed by atoms with Crippen molar-refractivity contribution in [2.45, 2.75) is 39.2 Å². The van der Waals surface area contributed by atoms with Crippen LogP contribution in [0.4, 0.5) is 5.69 Å². The van der Waals surface area contributed by atoms with Gasteiger partial charge in [0.05, 0.1) is 0 Å². The molecule has 0 saturated heterocycles. The van der Waals surface area contributed by atoms with Gasteiger partial charge in [0.25, 0.3) is 0 Å². The zero-order chi connectivity index (χ0) is 13.8. The average molecular weight is 285 g/mol. The molecule has 0 radical (unpaired) electrons. The molecule has 0 bridgehead atoms. The van der Waals surface area contributed by atoms with Crippen LogP contribution in [0.3, 0.4) is 0 Å². The monoisotopic (exact) mass is 284 g/mol. The molecule has 0 spiro atoms. The lowest BCUT2D eigenvalue weighted by molar-refractivity contribution is 0.389. The van der Waals surface area contributed by atoms with E-state index in [1.54, 1.807) is 0 Å². The number of thiocarbonyl (C=S) groups is 1. The molecule has 0 aliphatic rings. The zero-order valence-corrected chi connectivity index (χ0v) is 13.0. The second-order valence-corrected chi connectivity index (χ2v) is 5.56. The van der Waals surface area contributed by atoms with Crippen molar-refractivity contribution in [3.63, 3.8) is 0 Å². The molecule has 18 heavy (non-hydrogen) atoms. The summed E-state index contributed by atoms with van der Waals surface area (Å²) in [4.78, 5) is 1.95. The van der Waals surface area contributed by atoms with Gasteiger partial charge in [-0.3, -0.25) is 0 Å². The predicted molar refractivity (Wildman–Crippen MR) is 84.6 cm³/mol. The summed E-state index contributed by atoms with van der Waals surface area (Å²) in [7, 11) is 1.95. The van der Waals surface area contributed by atoms with E-state index in [2.05, 4.69) is 26.1 Å². The lowest BCUT2D eigenvalue weighted by Crippen LogP contribution is -2.50. The van der Waals surface area contributed by atoms with E-state index in [4.69, 9.17) is 23.8 Å². The van der Waals surface area contributed by atoms with Crippen LogP contribution in [0.5, 0.6) is 0 Å². The van der Waals surface area contributed by atoms with Gasteiger partial charge >= 0.3 is 0 Å². The van der Waals surface area contributed by atoms with Crippen LogP contribution >= 0.6 is 23.8 Å². The smallest absolute Gasteiger partial charge is 0.173 e. The second kappa shape index (κ2) is 6.39. The van der Waals surface area contributed by atoms with Gasteiger partial charge in [-0.1, -0.05) is 31.5 Å². The number of anilines is 1. The summed E-state index contributed by atoms with van der Waals surface area (Å²) in [5.41, 5.74) is 1.04. The summed E-state index contributed by atoms with van der Waals surface area (Å²) in [5.74, 6) is 0. The Morgan fingerprint density at radius 2 is 2.00 bits per heavy atom. The van der Waals surface area contributed by atoms with E-state index in [0.29, 0.717) is 0 Å². The van der Waals surface area contributed by atoms with Crippen LogP contribution in [0.25, 0.3) is 0 Å². The molecular formula is C14H21ClN2S. The summed E-state index contributed by atoms with van der Waals surface area (Å²) >= 11 is 11.4. The fourth-order valence-corrected chi connectivity index (χ4v) is 2.11. The highest BCUT2D eigenvalue weighted by Crippen LogP contribution is 2.20. The largest absolute Gasteiger partial charge is 0.357 e. The van der Waals surface area contributed by atoms with Crippen LogP contribution < -0.4 is 10.2 Å². The highest BCUT2D eigenvalue weighted by molar-refractivity contribution is 7.80. The van der Waals surface area contributed by atoms with Crippen molar-refractivity contribution >= 4 is 34.6 Å². The van der Waals surface area contributed by atoms with Crippen LogP contribution in [0.15, 0.2) is 24.3 Å².